The molecule has 0 radical (unpaired) electrons. The van der Waals surface area contributed by atoms with Crippen molar-refractivity contribution in [3.05, 3.63) is 6.07 Å². The topological polar surface area (TPSA) is 82.3 Å². The Balaban J connectivity index is 1.91. The van der Waals surface area contributed by atoms with Crippen LogP contribution in [0.2, 0.25) is 0 Å². The van der Waals surface area contributed by atoms with E-state index in [2.05, 4.69) is 22.2 Å². The van der Waals surface area contributed by atoms with Crippen molar-refractivity contribution in [2.45, 2.75) is 19.8 Å². The van der Waals surface area contributed by atoms with Gasteiger partial charge in [0.2, 0.25) is 11.8 Å². The van der Waals surface area contributed by atoms with Crippen molar-refractivity contribution in [2.24, 2.45) is 5.92 Å². The van der Waals surface area contributed by atoms with E-state index in [4.69, 9.17) is 15.2 Å². The summed E-state index contributed by atoms with van der Waals surface area (Å²) in [6.07, 6.45) is 2.07. The van der Waals surface area contributed by atoms with Gasteiger partial charge in [0.05, 0.1) is 13.2 Å². The van der Waals surface area contributed by atoms with Crippen LogP contribution < -0.4 is 15.8 Å². The second-order valence-corrected chi connectivity index (χ2v) is 4.42. The van der Waals surface area contributed by atoms with Crippen LogP contribution in [0.1, 0.15) is 19.8 Å². The van der Waals surface area contributed by atoms with Crippen LogP contribution in [0.3, 0.4) is 0 Å². The van der Waals surface area contributed by atoms with Gasteiger partial charge in [-0.1, -0.05) is 6.92 Å². The molecule has 6 nitrogen and oxygen atoms in total. The van der Waals surface area contributed by atoms with Gasteiger partial charge in [-0.3, -0.25) is 0 Å². The number of hydrogen-bond acceptors (Lipinski definition) is 6. The van der Waals surface area contributed by atoms with Crippen LogP contribution in [0, 0.1) is 5.92 Å². The van der Waals surface area contributed by atoms with Crippen LogP contribution in [-0.4, -0.2) is 36.3 Å². The van der Waals surface area contributed by atoms with Gasteiger partial charge in [-0.25, -0.2) is 0 Å². The van der Waals surface area contributed by atoms with Crippen molar-refractivity contribution in [3.63, 3.8) is 0 Å². The number of nitrogen functional groups attached to an aromatic ring is 1. The predicted molar refractivity (Wildman–Crippen MR) is 69.6 cm³/mol. The Kier molecular flexibility index (Phi) is 4.58. The Bertz CT molecular complexity index is 380. The first kappa shape index (κ1) is 12.9. The standard InChI is InChI=1S/C12H20N4O2/c1-2-4-14-10-6-11(16-12(13)15-10)18-8-9-3-5-17-7-9/h6,9H,2-5,7-8H2,1H3,(H3,13,14,15,16). The average Bonchev–Trinajstić information content (AvgIpc) is 2.86. The van der Waals surface area contributed by atoms with E-state index in [0.29, 0.717) is 24.2 Å². The van der Waals surface area contributed by atoms with Crippen LogP contribution >= 0.6 is 0 Å². The summed E-state index contributed by atoms with van der Waals surface area (Å²) in [5.41, 5.74) is 5.65. The van der Waals surface area contributed by atoms with Gasteiger partial charge in [-0.05, 0) is 12.8 Å². The number of rotatable bonds is 6. The van der Waals surface area contributed by atoms with Crippen LogP contribution in [0.25, 0.3) is 0 Å². The molecule has 6 heteroatoms. The SMILES string of the molecule is CCCNc1cc(OCC2CCOC2)nc(N)n1. The summed E-state index contributed by atoms with van der Waals surface area (Å²) < 4.78 is 10.9. The molecular weight excluding hydrogens is 232 g/mol. The zero-order chi connectivity index (χ0) is 12.8. The molecule has 3 N–H and O–H groups in total. The summed E-state index contributed by atoms with van der Waals surface area (Å²) in [6, 6.07) is 1.78. The highest BCUT2D eigenvalue weighted by molar-refractivity contribution is 5.42. The lowest BCUT2D eigenvalue weighted by molar-refractivity contribution is 0.165. The molecule has 0 aromatic carbocycles. The van der Waals surface area contributed by atoms with Gasteiger partial charge in [0.15, 0.2) is 0 Å². The quantitative estimate of drug-likeness (QED) is 0.794. The molecular formula is C12H20N4O2. The van der Waals surface area contributed by atoms with E-state index in [1.807, 2.05) is 0 Å². The summed E-state index contributed by atoms with van der Waals surface area (Å²) in [5.74, 6) is 1.91. The van der Waals surface area contributed by atoms with Gasteiger partial charge in [-0.2, -0.15) is 9.97 Å². The molecule has 0 bridgehead atoms. The molecule has 1 saturated heterocycles. The molecule has 1 aromatic rings. The molecule has 1 aromatic heterocycles. The van der Waals surface area contributed by atoms with Crippen molar-refractivity contribution in [2.75, 3.05) is 37.4 Å². The number of nitrogens with two attached hydrogens (primary N) is 1. The molecule has 1 unspecified atom stereocenters. The maximum atomic E-state index is 5.65. The van der Waals surface area contributed by atoms with E-state index in [1.54, 1.807) is 6.07 Å². The first-order valence-electron chi connectivity index (χ1n) is 6.37. The van der Waals surface area contributed by atoms with Gasteiger partial charge < -0.3 is 20.5 Å². The summed E-state index contributed by atoms with van der Waals surface area (Å²) >= 11 is 0. The molecule has 2 rings (SSSR count). The molecule has 1 aliphatic rings. The zero-order valence-electron chi connectivity index (χ0n) is 10.7. The first-order valence-corrected chi connectivity index (χ1v) is 6.37. The van der Waals surface area contributed by atoms with Crippen molar-refractivity contribution in [3.8, 4) is 5.88 Å². The lowest BCUT2D eigenvalue weighted by Gasteiger charge is -2.11. The van der Waals surface area contributed by atoms with Gasteiger partial charge in [0.1, 0.15) is 5.82 Å². The third kappa shape index (κ3) is 3.73. The fourth-order valence-electron chi connectivity index (χ4n) is 1.78. The minimum atomic E-state index is 0.230. The third-order valence-corrected chi connectivity index (χ3v) is 2.77. The Labute approximate surface area is 107 Å². The summed E-state index contributed by atoms with van der Waals surface area (Å²) in [4.78, 5) is 8.17. The summed E-state index contributed by atoms with van der Waals surface area (Å²) in [6.45, 7) is 5.15. The Morgan fingerprint density at radius 2 is 2.44 bits per heavy atom. The Morgan fingerprint density at radius 1 is 1.56 bits per heavy atom. The van der Waals surface area contributed by atoms with Gasteiger partial charge in [-0.15, -0.1) is 0 Å². The number of nitrogens with zero attached hydrogens (tertiary/aromatic N) is 2. The predicted octanol–water partition coefficient (Wildman–Crippen LogP) is 1.30. The van der Waals surface area contributed by atoms with Crippen molar-refractivity contribution >= 4 is 11.8 Å². The fraction of sp³-hybridized carbons (Fsp3) is 0.667. The Hall–Kier alpha value is -1.56. The van der Waals surface area contributed by atoms with Crippen molar-refractivity contribution in [1.29, 1.82) is 0 Å². The molecule has 2 heterocycles. The van der Waals surface area contributed by atoms with E-state index < -0.39 is 0 Å². The second kappa shape index (κ2) is 6.39. The lowest BCUT2D eigenvalue weighted by Crippen LogP contribution is -2.13. The maximum Gasteiger partial charge on any atom is 0.225 e. The molecule has 0 amide bonds. The molecule has 0 saturated carbocycles. The normalized spacial score (nSPS) is 18.8. The summed E-state index contributed by atoms with van der Waals surface area (Å²) in [7, 11) is 0. The molecule has 0 aliphatic carbocycles. The third-order valence-electron chi connectivity index (χ3n) is 2.77. The molecule has 0 spiro atoms. The average molecular weight is 252 g/mol. The van der Waals surface area contributed by atoms with E-state index in [-0.39, 0.29) is 5.95 Å². The second-order valence-electron chi connectivity index (χ2n) is 4.42. The van der Waals surface area contributed by atoms with E-state index >= 15 is 0 Å². The minimum Gasteiger partial charge on any atom is -0.477 e. The highest BCUT2D eigenvalue weighted by atomic mass is 16.5. The van der Waals surface area contributed by atoms with E-state index in [1.165, 1.54) is 0 Å². The molecule has 1 aliphatic heterocycles. The lowest BCUT2D eigenvalue weighted by atomic mass is 10.1. The number of ether oxygens (including phenoxy) is 2. The Morgan fingerprint density at radius 3 is 3.17 bits per heavy atom. The monoisotopic (exact) mass is 252 g/mol. The number of aromatic nitrogens is 2. The minimum absolute atomic E-state index is 0.230. The number of nitrogens with one attached hydrogen (secondary N) is 1. The zero-order valence-corrected chi connectivity index (χ0v) is 10.7. The van der Waals surface area contributed by atoms with Crippen LogP contribution in [0.15, 0.2) is 6.07 Å². The molecule has 100 valence electrons. The molecule has 18 heavy (non-hydrogen) atoms. The maximum absolute atomic E-state index is 5.65. The van der Waals surface area contributed by atoms with Gasteiger partial charge in [0.25, 0.3) is 0 Å². The summed E-state index contributed by atoms with van der Waals surface area (Å²) in [5, 5.41) is 3.17. The molecule has 1 atom stereocenters. The number of anilines is 2. The van der Waals surface area contributed by atoms with E-state index in [0.717, 1.165) is 32.6 Å². The van der Waals surface area contributed by atoms with Gasteiger partial charge >= 0.3 is 0 Å². The first-order chi connectivity index (χ1) is 8.78. The van der Waals surface area contributed by atoms with Crippen molar-refractivity contribution in [1.82, 2.24) is 9.97 Å². The van der Waals surface area contributed by atoms with Gasteiger partial charge in [0, 0.05) is 25.1 Å². The van der Waals surface area contributed by atoms with Crippen LogP contribution in [-0.2, 0) is 4.74 Å². The highest BCUT2D eigenvalue weighted by Crippen LogP contribution is 2.18. The van der Waals surface area contributed by atoms with Crippen molar-refractivity contribution < 1.29 is 9.47 Å². The van der Waals surface area contributed by atoms with Crippen LogP contribution in [0.5, 0.6) is 5.88 Å². The fourth-order valence-corrected chi connectivity index (χ4v) is 1.78. The smallest absolute Gasteiger partial charge is 0.225 e. The van der Waals surface area contributed by atoms with Crippen LogP contribution in [0.4, 0.5) is 11.8 Å². The van der Waals surface area contributed by atoms with E-state index in [9.17, 15) is 0 Å². The number of hydrogen-bond donors (Lipinski definition) is 2. The largest absolute Gasteiger partial charge is 0.477 e. The highest BCUT2D eigenvalue weighted by Gasteiger charge is 2.16. The molecule has 1 fully saturated rings.